The third-order valence-corrected chi connectivity index (χ3v) is 3.60. The van der Waals surface area contributed by atoms with E-state index in [0.717, 1.165) is 29.8 Å². The molecule has 2 nitrogen and oxygen atoms in total. The highest BCUT2D eigenvalue weighted by Gasteiger charge is 2.13. The highest BCUT2D eigenvalue weighted by atomic mass is 127. The third kappa shape index (κ3) is 5.42. The van der Waals surface area contributed by atoms with Gasteiger partial charge in [0, 0.05) is 12.6 Å². The minimum atomic E-state index is -0.814. The second-order valence-electron chi connectivity index (χ2n) is 4.44. The molecule has 0 bridgehead atoms. The summed E-state index contributed by atoms with van der Waals surface area (Å²) in [5, 5.41) is 2.66. The number of aryl methyl sites for hydroxylation is 1. The number of rotatable bonds is 7. The summed E-state index contributed by atoms with van der Waals surface area (Å²) in [4.78, 5) is 11.7. The van der Waals surface area contributed by atoms with Gasteiger partial charge < -0.3 is 5.32 Å². The summed E-state index contributed by atoms with van der Waals surface area (Å²) in [7, 11) is 0. The van der Waals surface area contributed by atoms with Crippen molar-refractivity contribution in [2.45, 2.75) is 32.6 Å². The van der Waals surface area contributed by atoms with Crippen molar-refractivity contribution in [2.24, 2.45) is 0 Å². The van der Waals surface area contributed by atoms with E-state index in [1.165, 1.54) is 19.4 Å². The third-order valence-electron chi connectivity index (χ3n) is 2.84. The monoisotopic (exact) mass is 381 g/mol. The molecule has 0 aliphatic carbocycles. The molecule has 1 aromatic rings. The average Bonchev–Trinajstić information content (AvgIpc) is 2.37. The first-order chi connectivity index (χ1) is 9.06. The quantitative estimate of drug-likeness (QED) is 0.432. The molecular formula is C14H18F2INO. The van der Waals surface area contributed by atoms with Gasteiger partial charge in [0.05, 0.1) is 5.56 Å². The Bertz CT molecular complexity index is 438. The number of carbonyl (C=O) groups excluding carboxylic acids is 1. The molecule has 0 heterocycles. The Balaban J connectivity index is 2.43. The van der Waals surface area contributed by atoms with Crippen LogP contribution in [0.2, 0.25) is 0 Å². The number of unbranched alkanes of at least 4 members (excludes halogenated alkanes) is 3. The van der Waals surface area contributed by atoms with Crippen LogP contribution in [0.3, 0.4) is 0 Å². The number of hydrogen-bond acceptors (Lipinski definition) is 1. The van der Waals surface area contributed by atoms with E-state index in [0.29, 0.717) is 6.54 Å². The van der Waals surface area contributed by atoms with E-state index in [4.69, 9.17) is 0 Å². The maximum atomic E-state index is 13.5. The molecule has 5 heteroatoms. The highest BCUT2D eigenvalue weighted by Crippen LogP contribution is 2.14. The van der Waals surface area contributed by atoms with Gasteiger partial charge in [0.1, 0.15) is 11.6 Å². The number of hydrogen-bond donors (Lipinski definition) is 1. The first-order valence-corrected chi connectivity index (χ1v) is 7.88. The fourth-order valence-electron chi connectivity index (χ4n) is 1.70. The first kappa shape index (κ1) is 16.3. The minimum absolute atomic E-state index is 0.0915. The predicted octanol–water partition coefficient (Wildman–Crippen LogP) is 4.00. The van der Waals surface area contributed by atoms with Gasteiger partial charge in [-0.25, -0.2) is 8.78 Å². The van der Waals surface area contributed by atoms with Crippen molar-refractivity contribution >= 4 is 28.5 Å². The van der Waals surface area contributed by atoms with Crippen molar-refractivity contribution in [1.29, 1.82) is 0 Å². The van der Waals surface area contributed by atoms with Gasteiger partial charge in [0.25, 0.3) is 5.91 Å². The Morgan fingerprint density at radius 2 is 1.84 bits per heavy atom. The lowest BCUT2D eigenvalue weighted by Gasteiger charge is -2.07. The fraction of sp³-hybridized carbons (Fsp3) is 0.500. The van der Waals surface area contributed by atoms with Gasteiger partial charge in [-0.2, -0.15) is 0 Å². The SMILES string of the molecule is Cc1cc(C(=O)NCCCCCCI)c(F)cc1F. The molecular weight excluding hydrogens is 363 g/mol. The predicted molar refractivity (Wildman–Crippen MR) is 80.8 cm³/mol. The van der Waals surface area contributed by atoms with E-state index < -0.39 is 17.5 Å². The Morgan fingerprint density at radius 3 is 2.53 bits per heavy atom. The highest BCUT2D eigenvalue weighted by molar-refractivity contribution is 14.1. The number of alkyl halides is 1. The molecule has 1 rings (SSSR count). The van der Waals surface area contributed by atoms with E-state index in [1.54, 1.807) is 0 Å². The van der Waals surface area contributed by atoms with Crippen molar-refractivity contribution in [3.63, 3.8) is 0 Å². The molecule has 0 unspecified atom stereocenters. The van der Waals surface area contributed by atoms with Crippen molar-refractivity contribution in [2.75, 3.05) is 11.0 Å². The first-order valence-electron chi connectivity index (χ1n) is 6.36. The van der Waals surface area contributed by atoms with Gasteiger partial charge in [-0.05, 0) is 35.8 Å². The zero-order valence-corrected chi connectivity index (χ0v) is 13.1. The van der Waals surface area contributed by atoms with Crippen molar-refractivity contribution in [3.8, 4) is 0 Å². The maximum absolute atomic E-state index is 13.5. The molecule has 106 valence electrons. The van der Waals surface area contributed by atoms with Crippen LogP contribution in [-0.4, -0.2) is 16.9 Å². The summed E-state index contributed by atoms with van der Waals surface area (Å²) in [6.07, 6.45) is 4.25. The molecule has 0 fully saturated rings. The summed E-state index contributed by atoms with van der Waals surface area (Å²) < 4.78 is 27.7. The van der Waals surface area contributed by atoms with Gasteiger partial charge in [-0.15, -0.1) is 0 Å². The summed E-state index contributed by atoms with van der Waals surface area (Å²) in [6.45, 7) is 2.03. The second-order valence-corrected chi connectivity index (χ2v) is 5.52. The largest absolute Gasteiger partial charge is 0.352 e. The van der Waals surface area contributed by atoms with E-state index in [-0.39, 0.29) is 11.1 Å². The molecule has 0 radical (unpaired) electrons. The van der Waals surface area contributed by atoms with Crippen LogP contribution in [0.25, 0.3) is 0 Å². The van der Waals surface area contributed by atoms with Gasteiger partial charge in [-0.3, -0.25) is 4.79 Å². The zero-order chi connectivity index (χ0) is 14.3. The van der Waals surface area contributed by atoms with Crippen LogP contribution >= 0.6 is 22.6 Å². The molecule has 1 aromatic carbocycles. The van der Waals surface area contributed by atoms with E-state index in [1.807, 2.05) is 0 Å². The van der Waals surface area contributed by atoms with Crippen LogP contribution < -0.4 is 5.32 Å². The summed E-state index contributed by atoms with van der Waals surface area (Å²) in [5.41, 5.74) is 0.180. The van der Waals surface area contributed by atoms with Crippen molar-refractivity contribution in [1.82, 2.24) is 5.32 Å². The Labute approximate surface area is 126 Å². The van der Waals surface area contributed by atoms with Crippen LogP contribution in [0.5, 0.6) is 0 Å². The van der Waals surface area contributed by atoms with Crippen molar-refractivity contribution < 1.29 is 13.6 Å². The normalized spacial score (nSPS) is 10.5. The van der Waals surface area contributed by atoms with Crippen LogP contribution in [0.4, 0.5) is 8.78 Å². The lowest BCUT2D eigenvalue weighted by atomic mass is 10.1. The van der Waals surface area contributed by atoms with Crippen LogP contribution in [0.15, 0.2) is 12.1 Å². The van der Waals surface area contributed by atoms with E-state index in [9.17, 15) is 13.6 Å². The fourth-order valence-corrected chi connectivity index (χ4v) is 2.24. The second kappa shape index (κ2) is 8.45. The molecule has 1 N–H and O–H groups in total. The molecule has 0 saturated carbocycles. The molecule has 0 aromatic heterocycles. The number of benzene rings is 1. The van der Waals surface area contributed by atoms with Crippen molar-refractivity contribution in [3.05, 3.63) is 34.9 Å². The van der Waals surface area contributed by atoms with E-state index >= 15 is 0 Å². The molecule has 0 atom stereocenters. The number of carbonyl (C=O) groups is 1. The minimum Gasteiger partial charge on any atom is -0.352 e. The van der Waals surface area contributed by atoms with Gasteiger partial charge in [0.2, 0.25) is 0 Å². The van der Waals surface area contributed by atoms with Crippen LogP contribution in [0, 0.1) is 18.6 Å². The Morgan fingerprint density at radius 1 is 1.16 bits per heavy atom. The molecule has 19 heavy (non-hydrogen) atoms. The molecule has 0 spiro atoms. The summed E-state index contributed by atoms with van der Waals surface area (Å²) in [5.74, 6) is -1.92. The average molecular weight is 381 g/mol. The van der Waals surface area contributed by atoms with Gasteiger partial charge >= 0.3 is 0 Å². The summed E-state index contributed by atoms with van der Waals surface area (Å²) >= 11 is 2.33. The molecule has 0 aliphatic rings. The Kier molecular flexibility index (Phi) is 7.27. The van der Waals surface area contributed by atoms with Crippen LogP contribution in [-0.2, 0) is 0 Å². The van der Waals surface area contributed by atoms with E-state index in [2.05, 4.69) is 27.9 Å². The smallest absolute Gasteiger partial charge is 0.254 e. The number of nitrogens with one attached hydrogen (secondary N) is 1. The summed E-state index contributed by atoms with van der Waals surface area (Å²) in [6, 6.07) is 2.00. The lowest BCUT2D eigenvalue weighted by molar-refractivity contribution is 0.0948. The standard InChI is InChI=1S/C14H18F2INO/c1-10-8-11(13(16)9-12(10)15)14(19)18-7-5-3-2-4-6-17/h8-9H,2-7H2,1H3,(H,18,19). The van der Waals surface area contributed by atoms with Crippen LogP contribution in [0.1, 0.15) is 41.6 Å². The topological polar surface area (TPSA) is 29.1 Å². The molecule has 1 amide bonds. The molecule has 0 saturated heterocycles. The van der Waals surface area contributed by atoms with Gasteiger partial charge in [0.15, 0.2) is 0 Å². The number of amides is 1. The van der Waals surface area contributed by atoms with Gasteiger partial charge in [-0.1, -0.05) is 35.4 Å². The maximum Gasteiger partial charge on any atom is 0.254 e. The number of halogens is 3. The Hall–Kier alpha value is -0.720. The zero-order valence-electron chi connectivity index (χ0n) is 10.9. The molecule has 0 aliphatic heterocycles. The lowest BCUT2D eigenvalue weighted by Crippen LogP contribution is -2.25.